The Balaban J connectivity index is 1.51. The van der Waals surface area contributed by atoms with Gasteiger partial charge in [-0.1, -0.05) is 28.1 Å². The highest BCUT2D eigenvalue weighted by molar-refractivity contribution is 9.10. The molecule has 1 atom stereocenters. The van der Waals surface area contributed by atoms with Crippen molar-refractivity contribution in [1.29, 1.82) is 0 Å². The summed E-state index contributed by atoms with van der Waals surface area (Å²) in [7, 11) is 0. The van der Waals surface area contributed by atoms with Gasteiger partial charge in [0, 0.05) is 23.1 Å². The second kappa shape index (κ2) is 6.47. The first-order valence-corrected chi connectivity index (χ1v) is 10.4. The molecule has 0 radical (unpaired) electrons. The molecule has 0 saturated carbocycles. The van der Waals surface area contributed by atoms with Crippen LogP contribution in [-0.2, 0) is 6.42 Å². The molecule has 0 bridgehead atoms. The van der Waals surface area contributed by atoms with E-state index in [1.165, 1.54) is 27.8 Å². The molecule has 0 amide bonds. The summed E-state index contributed by atoms with van der Waals surface area (Å²) in [6, 6.07) is 13.2. The molecule has 0 spiro atoms. The van der Waals surface area contributed by atoms with Crippen LogP contribution in [0.4, 0.5) is 5.69 Å². The number of anilines is 1. The van der Waals surface area contributed by atoms with E-state index in [1.54, 1.807) is 0 Å². The average Bonchev–Trinajstić information content (AvgIpc) is 2.93. The first-order valence-electron chi connectivity index (χ1n) is 9.57. The van der Waals surface area contributed by atoms with Crippen LogP contribution in [0.2, 0.25) is 0 Å². The first kappa shape index (κ1) is 18.7. The van der Waals surface area contributed by atoms with Crippen LogP contribution in [0.15, 0.2) is 52.5 Å². The molecule has 142 valence electrons. The molecule has 2 aliphatic rings. The molecule has 2 N–H and O–H groups in total. The SMILES string of the molecule is CC1(C)C=C(CNc2ccc3c(c2)Cc2cc(Br)ccc2-3)CC(C)(C)[NH+]1[O-]. The van der Waals surface area contributed by atoms with Gasteiger partial charge in [-0.05, 0) is 92.3 Å². The lowest BCUT2D eigenvalue weighted by Crippen LogP contribution is -3.22. The Morgan fingerprint density at radius 2 is 1.70 bits per heavy atom. The monoisotopic (exact) mass is 426 g/mol. The van der Waals surface area contributed by atoms with Crippen molar-refractivity contribution < 1.29 is 5.06 Å². The lowest BCUT2D eigenvalue weighted by atomic mass is 9.83. The Bertz CT molecular complexity index is 930. The predicted octanol–water partition coefficient (Wildman–Crippen LogP) is 4.70. The lowest BCUT2D eigenvalue weighted by Gasteiger charge is -2.51. The smallest absolute Gasteiger partial charge is 0.111 e. The Morgan fingerprint density at radius 1 is 1.04 bits per heavy atom. The second-order valence-electron chi connectivity index (χ2n) is 9.12. The summed E-state index contributed by atoms with van der Waals surface area (Å²) in [4.78, 5) is 0. The van der Waals surface area contributed by atoms with Crippen LogP contribution in [0.1, 0.15) is 45.2 Å². The molecule has 27 heavy (non-hydrogen) atoms. The standard InChI is InChI=1S/C23H27BrN2O/c1-22(2)12-15(13-23(3,4)26(22)27)14-25-19-6-8-21-17(11-19)9-16-10-18(24)5-7-20(16)21/h5-8,10-12,25-26H,9,13-14H2,1-4H3. The summed E-state index contributed by atoms with van der Waals surface area (Å²) in [6.07, 6.45) is 3.97. The van der Waals surface area contributed by atoms with E-state index < -0.39 is 0 Å². The quantitative estimate of drug-likeness (QED) is 0.470. The molecule has 2 aromatic carbocycles. The number of hydroxylamine groups is 2. The molecule has 1 aliphatic carbocycles. The summed E-state index contributed by atoms with van der Waals surface area (Å²) < 4.78 is 1.14. The highest BCUT2D eigenvalue weighted by atomic mass is 79.9. The average molecular weight is 427 g/mol. The summed E-state index contributed by atoms with van der Waals surface area (Å²) in [5.41, 5.74) is 7.24. The molecule has 1 heterocycles. The molecule has 1 aliphatic heterocycles. The van der Waals surface area contributed by atoms with Gasteiger partial charge in [0.15, 0.2) is 0 Å². The fourth-order valence-corrected chi connectivity index (χ4v) is 5.17. The fraction of sp³-hybridized carbons (Fsp3) is 0.391. The van der Waals surface area contributed by atoms with Crippen molar-refractivity contribution in [2.45, 2.75) is 51.6 Å². The number of nitrogens with one attached hydrogen (secondary N) is 2. The number of benzene rings is 2. The van der Waals surface area contributed by atoms with E-state index in [-0.39, 0.29) is 11.1 Å². The highest BCUT2D eigenvalue weighted by Crippen LogP contribution is 2.39. The van der Waals surface area contributed by atoms with Crippen LogP contribution in [-0.4, -0.2) is 17.6 Å². The Kier molecular flexibility index (Phi) is 4.49. The summed E-state index contributed by atoms with van der Waals surface area (Å²) in [5.74, 6) is 0. The lowest BCUT2D eigenvalue weighted by molar-refractivity contribution is -0.943. The van der Waals surface area contributed by atoms with Crippen molar-refractivity contribution >= 4 is 21.6 Å². The van der Waals surface area contributed by atoms with E-state index in [2.05, 4.69) is 77.6 Å². The minimum absolute atomic E-state index is 0.289. The van der Waals surface area contributed by atoms with Crippen LogP contribution in [0.5, 0.6) is 0 Å². The van der Waals surface area contributed by atoms with Crippen LogP contribution in [0, 0.1) is 5.21 Å². The van der Waals surface area contributed by atoms with Crippen LogP contribution in [0.3, 0.4) is 0 Å². The summed E-state index contributed by atoms with van der Waals surface area (Å²) in [6.45, 7) is 8.98. The van der Waals surface area contributed by atoms with Gasteiger partial charge in [-0.25, -0.2) is 0 Å². The van der Waals surface area contributed by atoms with E-state index in [4.69, 9.17) is 0 Å². The minimum Gasteiger partial charge on any atom is -0.633 e. The zero-order valence-electron chi connectivity index (χ0n) is 16.4. The molecule has 2 aromatic rings. The Hall–Kier alpha value is -1.62. The third kappa shape index (κ3) is 3.46. The topological polar surface area (TPSA) is 39.5 Å². The third-order valence-corrected chi connectivity index (χ3v) is 6.29. The largest absolute Gasteiger partial charge is 0.633 e. The summed E-state index contributed by atoms with van der Waals surface area (Å²) >= 11 is 3.57. The highest BCUT2D eigenvalue weighted by Gasteiger charge is 2.40. The molecular formula is C23H27BrN2O. The molecule has 4 heteroatoms. The molecule has 4 rings (SSSR count). The second-order valence-corrected chi connectivity index (χ2v) is 10.0. The number of rotatable bonds is 3. The third-order valence-electron chi connectivity index (χ3n) is 5.80. The van der Waals surface area contributed by atoms with E-state index in [0.717, 1.165) is 29.5 Å². The van der Waals surface area contributed by atoms with E-state index in [9.17, 15) is 5.21 Å². The number of fused-ring (bicyclic) bond motifs is 3. The van der Waals surface area contributed by atoms with Gasteiger partial charge in [0.25, 0.3) is 0 Å². The first-order chi connectivity index (χ1) is 12.7. The molecular weight excluding hydrogens is 400 g/mol. The van der Waals surface area contributed by atoms with Gasteiger partial charge < -0.3 is 15.6 Å². The maximum Gasteiger partial charge on any atom is 0.111 e. The maximum atomic E-state index is 12.6. The number of quaternary nitrogens is 1. The van der Waals surface area contributed by atoms with Crippen LogP contribution < -0.4 is 10.4 Å². The molecule has 1 unspecified atom stereocenters. The van der Waals surface area contributed by atoms with Crippen molar-refractivity contribution in [2.24, 2.45) is 0 Å². The molecule has 3 nitrogen and oxygen atoms in total. The number of halogens is 1. The molecule has 0 saturated heterocycles. The van der Waals surface area contributed by atoms with Gasteiger partial charge in [-0.15, -0.1) is 0 Å². The van der Waals surface area contributed by atoms with Gasteiger partial charge in [-0.2, -0.15) is 0 Å². The fourth-order valence-electron chi connectivity index (χ4n) is 4.77. The maximum absolute atomic E-state index is 12.6. The van der Waals surface area contributed by atoms with Crippen molar-refractivity contribution in [3.8, 4) is 11.1 Å². The zero-order valence-corrected chi connectivity index (χ0v) is 18.0. The van der Waals surface area contributed by atoms with Gasteiger partial charge >= 0.3 is 0 Å². The van der Waals surface area contributed by atoms with Crippen molar-refractivity contribution in [2.75, 3.05) is 11.9 Å². The van der Waals surface area contributed by atoms with Gasteiger partial charge in [0.05, 0.1) is 5.54 Å². The zero-order chi connectivity index (χ0) is 19.4. The molecule has 0 aromatic heterocycles. The van der Waals surface area contributed by atoms with E-state index >= 15 is 0 Å². The van der Waals surface area contributed by atoms with Gasteiger partial charge in [-0.3, -0.25) is 0 Å². The minimum atomic E-state index is -0.383. The Morgan fingerprint density at radius 3 is 2.41 bits per heavy atom. The van der Waals surface area contributed by atoms with Crippen LogP contribution in [0.25, 0.3) is 11.1 Å². The normalized spacial score (nSPS) is 22.0. The molecule has 0 fully saturated rings. The van der Waals surface area contributed by atoms with Crippen molar-refractivity contribution in [3.63, 3.8) is 0 Å². The van der Waals surface area contributed by atoms with Gasteiger partial charge in [0.2, 0.25) is 0 Å². The van der Waals surface area contributed by atoms with Crippen LogP contribution >= 0.6 is 15.9 Å². The van der Waals surface area contributed by atoms with Crippen molar-refractivity contribution in [1.82, 2.24) is 0 Å². The predicted molar refractivity (Wildman–Crippen MR) is 116 cm³/mol. The van der Waals surface area contributed by atoms with Crippen molar-refractivity contribution in [3.05, 3.63) is 68.9 Å². The summed E-state index contributed by atoms with van der Waals surface area (Å²) in [5, 5.41) is 16.5. The van der Waals surface area contributed by atoms with Gasteiger partial charge in [0.1, 0.15) is 5.54 Å². The van der Waals surface area contributed by atoms with E-state index in [1.807, 2.05) is 13.8 Å². The number of hydrogen-bond donors (Lipinski definition) is 2. The van der Waals surface area contributed by atoms with E-state index in [0.29, 0.717) is 5.06 Å². The Labute approximate surface area is 170 Å². The number of hydrogen-bond acceptors (Lipinski definition) is 2.